The number of rotatable bonds is 3. The van der Waals surface area contributed by atoms with Gasteiger partial charge in [-0.05, 0) is 18.4 Å². The average Bonchev–Trinajstić information content (AvgIpc) is 2.63. The number of amides is 1. The number of nitrogens with one attached hydrogen (secondary N) is 2. The van der Waals surface area contributed by atoms with E-state index in [2.05, 4.69) is 10.3 Å². The predicted octanol–water partition coefficient (Wildman–Crippen LogP) is 2.11. The van der Waals surface area contributed by atoms with E-state index < -0.39 is 9.05 Å². The molecule has 1 rings (SSSR count). The molecule has 7 heteroatoms. The van der Waals surface area contributed by atoms with Gasteiger partial charge in [0.15, 0.2) is 0 Å². The van der Waals surface area contributed by atoms with Gasteiger partial charge >= 0.3 is 0 Å². The Balaban J connectivity index is 2.84. The maximum atomic E-state index is 11.9. The number of aromatic nitrogens is 1. The first kappa shape index (κ1) is 15.0. The second-order valence-electron chi connectivity index (χ2n) is 5.25. The lowest BCUT2D eigenvalue weighted by molar-refractivity contribution is 0.0905. The summed E-state index contributed by atoms with van der Waals surface area (Å²) in [5.41, 5.74) is 0.0919. The normalized spacial score (nSPS) is 14.3. The summed E-state index contributed by atoms with van der Waals surface area (Å²) in [6.45, 7) is 7.89. The van der Waals surface area contributed by atoms with Crippen LogP contribution in [0.3, 0.4) is 0 Å². The lowest BCUT2D eigenvalue weighted by Crippen LogP contribution is -2.41. The third-order valence-electron chi connectivity index (χ3n) is 2.83. The summed E-state index contributed by atoms with van der Waals surface area (Å²) in [4.78, 5) is 14.3. The van der Waals surface area contributed by atoms with Gasteiger partial charge in [0.1, 0.15) is 10.6 Å². The van der Waals surface area contributed by atoms with Crippen molar-refractivity contribution in [2.24, 2.45) is 5.41 Å². The molecule has 0 saturated heterocycles. The summed E-state index contributed by atoms with van der Waals surface area (Å²) >= 11 is 0. The molecule has 1 unspecified atom stereocenters. The number of hydrogen-bond acceptors (Lipinski definition) is 3. The lowest BCUT2D eigenvalue weighted by Gasteiger charge is -2.27. The minimum atomic E-state index is -3.81. The van der Waals surface area contributed by atoms with Gasteiger partial charge in [-0.2, -0.15) is 0 Å². The van der Waals surface area contributed by atoms with E-state index in [0.29, 0.717) is 0 Å². The summed E-state index contributed by atoms with van der Waals surface area (Å²) in [6, 6.07) is 1.16. The Bertz CT molecular complexity index is 543. The summed E-state index contributed by atoms with van der Waals surface area (Å²) in [7, 11) is 1.36. The zero-order chi connectivity index (χ0) is 14.1. The van der Waals surface area contributed by atoms with E-state index in [4.69, 9.17) is 10.7 Å². The standard InChI is InChI=1S/C11H17ClN2O3S/c1-7(11(2,3)4)14-10(15)9-5-8(6-13-9)18(12,16)17/h5-7,13H,1-4H3,(H,14,15). The van der Waals surface area contributed by atoms with Crippen LogP contribution in [-0.4, -0.2) is 25.4 Å². The monoisotopic (exact) mass is 292 g/mol. The van der Waals surface area contributed by atoms with Crippen molar-refractivity contribution in [1.29, 1.82) is 0 Å². The number of hydrogen-bond donors (Lipinski definition) is 2. The molecule has 1 atom stereocenters. The van der Waals surface area contributed by atoms with E-state index in [1.807, 2.05) is 27.7 Å². The number of carbonyl (C=O) groups excluding carboxylic acids is 1. The molecule has 1 heterocycles. The fourth-order valence-electron chi connectivity index (χ4n) is 1.14. The van der Waals surface area contributed by atoms with Gasteiger partial charge in [-0.15, -0.1) is 0 Å². The molecular weight excluding hydrogens is 276 g/mol. The zero-order valence-electron chi connectivity index (χ0n) is 10.7. The molecule has 2 N–H and O–H groups in total. The highest BCUT2D eigenvalue weighted by Crippen LogP contribution is 2.20. The maximum Gasteiger partial charge on any atom is 0.267 e. The van der Waals surface area contributed by atoms with Gasteiger partial charge in [-0.25, -0.2) is 8.42 Å². The molecule has 1 aromatic rings. The van der Waals surface area contributed by atoms with Crippen molar-refractivity contribution < 1.29 is 13.2 Å². The highest BCUT2D eigenvalue weighted by Gasteiger charge is 2.23. The molecule has 0 saturated carbocycles. The third-order valence-corrected chi connectivity index (χ3v) is 4.16. The maximum absolute atomic E-state index is 11.9. The highest BCUT2D eigenvalue weighted by atomic mass is 35.7. The Morgan fingerprint density at radius 1 is 1.44 bits per heavy atom. The zero-order valence-corrected chi connectivity index (χ0v) is 12.3. The molecule has 0 fully saturated rings. The lowest BCUT2D eigenvalue weighted by atomic mass is 9.88. The molecule has 1 amide bonds. The molecule has 18 heavy (non-hydrogen) atoms. The van der Waals surface area contributed by atoms with Crippen molar-refractivity contribution >= 4 is 25.6 Å². The molecule has 0 radical (unpaired) electrons. The molecule has 0 aliphatic carbocycles. The Kier molecular flexibility index (Phi) is 4.12. The van der Waals surface area contributed by atoms with Gasteiger partial charge in [-0.3, -0.25) is 4.79 Å². The topological polar surface area (TPSA) is 79.0 Å². The molecule has 1 aromatic heterocycles. The van der Waals surface area contributed by atoms with Gasteiger partial charge in [0.25, 0.3) is 15.0 Å². The highest BCUT2D eigenvalue weighted by molar-refractivity contribution is 8.13. The molecule has 5 nitrogen and oxygen atoms in total. The van der Waals surface area contributed by atoms with E-state index in [-0.39, 0.29) is 28.0 Å². The van der Waals surface area contributed by atoms with Gasteiger partial charge < -0.3 is 10.3 Å². The van der Waals surface area contributed by atoms with Crippen LogP contribution in [0.1, 0.15) is 38.2 Å². The van der Waals surface area contributed by atoms with Crippen LogP contribution in [0.4, 0.5) is 0 Å². The fraction of sp³-hybridized carbons (Fsp3) is 0.545. The summed E-state index contributed by atoms with van der Waals surface area (Å²) in [5.74, 6) is -0.357. The smallest absolute Gasteiger partial charge is 0.267 e. The molecule has 0 aliphatic heterocycles. The Morgan fingerprint density at radius 3 is 2.39 bits per heavy atom. The van der Waals surface area contributed by atoms with E-state index in [0.717, 1.165) is 0 Å². The minimum absolute atomic E-state index is 0.0515. The molecule has 0 spiro atoms. The average molecular weight is 293 g/mol. The Hall–Kier alpha value is -1.01. The van der Waals surface area contributed by atoms with Gasteiger partial charge in [-0.1, -0.05) is 20.8 Å². The second-order valence-corrected chi connectivity index (χ2v) is 7.81. The predicted molar refractivity (Wildman–Crippen MR) is 70.2 cm³/mol. The summed E-state index contributed by atoms with van der Waals surface area (Å²) in [5, 5.41) is 2.79. The van der Waals surface area contributed by atoms with Crippen LogP contribution in [0.2, 0.25) is 0 Å². The molecule has 0 aromatic carbocycles. The molecular formula is C11H17ClN2O3S. The van der Waals surface area contributed by atoms with Crippen molar-refractivity contribution in [3.8, 4) is 0 Å². The van der Waals surface area contributed by atoms with Crippen molar-refractivity contribution in [2.75, 3.05) is 0 Å². The van der Waals surface area contributed by atoms with Crippen molar-refractivity contribution in [1.82, 2.24) is 10.3 Å². The van der Waals surface area contributed by atoms with Crippen LogP contribution in [0.5, 0.6) is 0 Å². The van der Waals surface area contributed by atoms with E-state index in [9.17, 15) is 13.2 Å². The Labute approximate surface area is 111 Å². The number of carbonyl (C=O) groups is 1. The van der Waals surface area contributed by atoms with Crippen LogP contribution in [-0.2, 0) is 9.05 Å². The van der Waals surface area contributed by atoms with Crippen molar-refractivity contribution in [3.63, 3.8) is 0 Å². The van der Waals surface area contributed by atoms with E-state index >= 15 is 0 Å². The fourth-order valence-corrected chi connectivity index (χ4v) is 1.86. The third kappa shape index (κ3) is 3.74. The van der Waals surface area contributed by atoms with Crippen LogP contribution >= 0.6 is 10.7 Å². The molecule has 0 bridgehead atoms. The SMILES string of the molecule is CC(NC(=O)c1cc(S(=O)(=O)Cl)c[nH]1)C(C)(C)C. The molecule has 102 valence electrons. The van der Waals surface area contributed by atoms with Gasteiger partial charge in [0, 0.05) is 22.9 Å². The summed E-state index contributed by atoms with van der Waals surface area (Å²) in [6.07, 6.45) is 1.19. The van der Waals surface area contributed by atoms with Crippen molar-refractivity contribution in [3.05, 3.63) is 18.0 Å². The molecule has 0 aliphatic rings. The van der Waals surface area contributed by atoms with Gasteiger partial charge in [0.05, 0.1) is 0 Å². The van der Waals surface area contributed by atoms with E-state index in [1.165, 1.54) is 12.3 Å². The first-order valence-electron chi connectivity index (χ1n) is 5.46. The first-order valence-corrected chi connectivity index (χ1v) is 7.76. The minimum Gasteiger partial charge on any atom is -0.356 e. The van der Waals surface area contributed by atoms with Crippen LogP contribution in [0.15, 0.2) is 17.2 Å². The van der Waals surface area contributed by atoms with Gasteiger partial charge in [0.2, 0.25) is 0 Å². The number of H-pyrrole nitrogens is 1. The Morgan fingerprint density at radius 2 is 2.00 bits per heavy atom. The van der Waals surface area contributed by atoms with Crippen LogP contribution in [0, 0.1) is 5.41 Å². The first-order chi connectivity index (χ1) is 8.01. The number of halogens is 1. The second kappa shape index (κ2) is 4.93. The van der Waals surface area contributed by atoms with Crippen LogP contribution in [0.25, 0.3) is 0 Å². The number of aromatic amines is 1. The van der Waals surface area contributed by atoms with Crippen LogP contribution < -0.4 is 5.32 Å². The van der Waals surface area contributed by atoms with Crippen molar-refractivity contribution in [2.45, 2.75) is 38.6 Å². The quantitative estimate of drug-likeness (QED) is 0.838. The van der Waals surface area contributed by atoms with E-state index in [1.54, 1.807) is 0 Å². The summed E-state index contributed by atoms with van der Waals surface area (Å²) < 4.78 is 22.1. The largest absolute Gasteiger partial charge is 0.356 e.